The maximum atomic E-state index is 4.35. The molecule has 0 aliphatic heterocycles. The van der Waals surface area contributed by atoms with Crippen LogP contribution < -0.4 is 5.32 Å². The Kier molecular flexibility index (Phi) is 4.44. The monoisotopic (exact) mass is 249 g/mol. The fourth-order valence-electron chi connectivity index (χ4n) is 3.09. The molecule has 3 nitrogen and oxygen atoms in total. The van der Waals surface area contributed by atoms with Crippen LogP contribution >= 0.6 is 0 Å². The van der Waals surface area contributed by atoms with E-state index in [0.29, 0.717) is 11.5 Å². The third-order valence-electron chi connectivity index (χ3n) is 4.05. The normalized spacial score (nSPS) is 23.2. The quantitative estimate of drug-likeness (QED) is 0.809. The summed E-state index contributed by atoms with van der Waals surface area (Å²) in [5.41, 5.74) is 1.83. The van der Waals surface area contributed by atoms with Gasteiger partial charge in [0.1, 0.15) is 0 Å². The van der Waals surface area contributed by atoms with Gasteiger partial charge in [-0.2, -0.15) is 0 Å². The van der Waals surface area contributed by atoms with E-state index in [1.807, 2.05) is 12.5 Å². The van der Waals surface area contributed by atoms with E-state index < -0.39 is 0 Å². The lowest BCUT2D eigenvalue weighted by Crippen LogP contribution is -2.26. The molecule has 1 aliphatic rings. The fourth-order valence-corrected chi connectivity index (χ4v) is 3.09. The first-order chi connectivity index (χ1) is 8.62. The van der Waals surface area contributed by atoms with Crippen molar-refractivity contribution in [2.24, 2.45) is 5.41 Å². The van der Waals surface area contributed by atoms with E-state index >= 15 is 0 Å². The van der Waals surface area contributed by atoms with Crippen LogP contribution in [0.15, 0.2) is 12.5 Å². The summed E-state index contributed by atoms with van der Waals surface area (Å²) in [6.07, 6.45) is 10.5. The van der Waals surface area contributed by atoms with Gasteiger partial charge in [0, 0.05) is 18.8 Å². The zero-order valence-electron chi connectivity index (χ0n) is 12.1. The highest BCUT2D eigenvalue weighted by Gasteiger charge is 2.29. The maximum Gasteiger partial charge on any atom is 0.0951 e. The Hall–Kier alpha value is -0.830. The zero-order valence-corrected chi connectivity index (χ0v) is 12.1. The Morgan fingerprint density at radius 3 is 3.06 bits per heavy atom. The van der Waals surface area contributed by atoms with E-state index in [2.05, 4.69) is 35.6 Å². The summed E-state index contributed by atoms with van der Waals surface area (Å²) in [4.78, 5) is 4.35. The van der Waals surface area contributed by atoms with Crippen molar-refractivity contribution in [2.75, 3.05) is 6.54 Å². The first-order valence-corrected chi connectivity index (χ1v) is 7.34. The van der Waals surface area contributed by atoms with Crippen LogP contribution in [0.1, 0.15) is 64.6 Å². The molecule has 2 rings (SSSR count). The average Bonchev–Trinajstić information content (AvgIpc) is 2.76. The van der Waals surface area contributed by atoms with Gasteiger partial charge in [-0.25, -0.2) is 4.98 Å². The molecule has 1 atom stereocenters. The number of aromatic nitrogens is 2. The van der Waals surface area contributed by atoms with Crippen LogP contribution in [0, 0.1) is 5.41 Å². The molecular formula is C15H27N3. The van der Waals surface area contributed by atoms with Crippen LogP contribution in [0.25, 0.3) is 0 Å². The second kappa shape index (κ2) is 5.87. The zero-order chi connectivity index (χ0) is 13.0. The lowest BCUT2D eigenvalue weighted by molar-refractivity contribution is 0.181. The molecule has 1 aromatic rings. The highest BCUT2D eigenvalue weighted by Crippen LogP contribution is 2.41. The molecule has 1 aliphatic carbocycles. The predicted octanol–water partition coefficient (Wildman–Crippen LogP) is 3.52. The third kappa shape index (κ3) is 3.35. The summed E-state index contributed by atoms with van der Waals surface area (Å²) in [6.45, 7) is 9.02. The molecule has 1 heterocycles. The van der Waals surface area contributed by atoms with Gasteiger partial charge in [-0.3, -0.25) is 0 Å². The Labute approximate surface area is 111 Å². The van der Waals surface area contributed by atoms with E-state index in [1.165, 1.54) is 37.8 Å². The van der Waals surface area contributed by atoms with Gasteiger partial charge < -0.3 is 9.88 Å². The van der Waals surface area contributed by atoms with Gasteiger partial charge in [0.25, 0.3) is 0 Å². The first-order valence-electron chi connectivity index (χ1n) is 7.34. The lowest BCUT2D eigenvalue weighted by atomic mass is 9.75. The number of hydrogen-bond donors (Lipinski definition) is 1. The van der Waals surface area contributed by atoms with Crippen molar-refractivity contribution in [3.8, 4) is 0 Å². The van der Waals surface area contributed by atoms with Gasteiger partial charge in [0.05, 0.1) is 12.0 Å². The van der Waals surface area contributed by atoms with Crippen molar-refractivity contribution < 1.29 is 0 Å². The summed E-state index contributed by atoms with van der Waals surface area (Å²) in [7, 11) is 0. The molecule has 0 bridgehead atoms. The van der Waals surface area contributed by atoms with Gasteiger partial charge >= 0.3 is 0 Å². The second-order valence-electron chi connectivity index (χ2n) is 6.38. The Morgan fingerprint density at radius 1 is 1.50 bits per heavy atom. The minimum Gasteiger partial charge on any atom is -0.330 e. The summed E-state index contributed by atoms with van der Waals surface area (Å²) >= 11 is 0. The molecule has 0 aromatic carbocycles. The molecule has 1 N–H and O–H groups in total. The summed E-state index contributed by atoms with van der Waals surface area (Å²) < 4.78 is 2.41. The molecule has 3 heteroatoms. The smallest absolute Gasteiger partial charge is 0.0951 e. The Morgan fingerprint density at radius 2 is 2.33 bits per heavy atom. The number of rotatable bonds is 5. The van der Waals surface area contributed by atoms with Crippen molar-refractivity contribution in [1.29, 1.82) is 0 Å². The first kappa shape index (κ1) is 13.6. The number of hydrogen-bond acceptors (Lipinski definition) is 2. The molecule has 1 aromatic heterocycles. The SMILES string of the molecule is CCCNCc1cncn1C1CCCC(C)(C)C1. The summed E-state index contributed by atoms with van der Waals surface area (Å²) in [5, 5.41) is 3.48. The topological polar surface area (TPSA) is 29.9 Å². The van der Waals surface area contributed by atoms with Gasteiger partial charge in [-0.1, -0.05) is 27.2 Å². The van der Waals surface area contributed by atoms with Crippen molar-refractivity contribution in [3.63, 3.8) is 0 Å². The molecule has 0 saturated heterocycles. The molecule has 0 spiro atoms. The van der Waals surface area contributed by atoms with Crippen LogP contribution in [0.5, 0.6) is 0 Å². The van der Waals surface area contributed by atoms with Crippen LogP contribution in [-0.2, 0) is 6.54 Å². The van der Waals surface area contributed by atoms with Gasteiger partial charge in [0.2, 0.25) is 0 Å². The van der Waals surface area contributed by atoms with E-state index in [0.717, 1.165) is 13.1 Å². The van der Waals surface area contributed by atoms with Crippen LogP contribution in [0.4, 0.5) is 0 Å². The molecule has 102 valence electrons. The minimum absolute atomic E-state index is 0.487. The molecule has 1 unspecified atom stereocenters. The van der Waals surface area contributed by atoms with Crippen LogP contribution in [-0.4, -0.2) is 16.1 Å². The van der Waals surface area contributed by atoms with Crippen LogP contribution in [0.3, 0.4) is 0 Å². The molecule has 0 amide bonds. The summed E-state index contributed by atoms with van der Waals surface area (Å²) in [6, 6.07) is 0.648. The molecule has 18 heavy (non-hydrogen) atoms. The van der Waals surface area contributed by atoms with Crippen molar-refractivity contribution in [2.45, 2.75) is 65.5 Å². The molecule has 0 radical (unpaired) electrons. The lowest BCUT2D eigenvalue weighted by Gasteiger charge is -2.36. The van der Waals surface area contributed by atoms with Crippen molar-refractivity contribution in [3.05, 3.63) is 18.2 Å². The van der Waals surface area contributed by atoms with E-state index in [4.69, 9.17) is 0 Å². The largest absolute Gasteiger partial charge is 0.330 e. The number of nitrogens with zero attached hydrogens (tertiary/aromatic N) is 2. The minimum atomic E-state index is 0.487. The Bertz CT molecular complexity index is 368. The van der Waals surface area contributed by atoms with Gasteiger partial charge in [0.15, 0.2) is 0 Å². The van der Waals surface area contributed by atoms with E-state index in [9.17, 15) is 0 Å². The molecule has 1 saturated carbocycles. The Balaban J connectivity index is 2.01. The predicted molar refractivity (Wildman–Crippen MR) is 75.5 cm³/mol. The summed E-state index contributed by atoms with van der Waals surface area (Å²) in [5.74, 6) is 0. The van der Waals surface area contributed by atoms with Crippen molar-refractivity contribution >= 4 is 0 Å². The molecular weight excluding hydrogens is 222 g/mol. The highest BCUT2D eigenvalue weighted by molar-refractivity contribution is 5.01. The third-order valence-corrected chi connectivity index (χ3v) is 4.05. The fraction of sp³-hybridized carbons (Fsp3) is 0.800. The highest BCUT2D eigenvalue weighted by atomic mass is 15.1. The molecule has 1 fully saturated rings. The van der Waals surface area contributed by atoms with Gasteiger partial charge in [-0.05, 0) is 37.6 Å². The van der Waals surface area contributed by atoms with E-state index in [-0.39, 0.29) is 0 Å². The number of imidazole rings is 1. The van der Waals surface area contributed by atoms with E-state index in [1.54, 1.807) is 0 Å². The average molecular weight is 249 g/mol. The van der Waals surface area contributed by atoms with Crippen molar-refractivity contribution in [1.82, 2.24) is 14.9 Å². The maximum absolute atomic E-state index is 4.35. The second-order valence-corrected chi connectivity index (χ2v) is 6.38. The van der Waals surface area contributed by atoms with Gasteiger partial charge in [-0.15, -0.1) is 0 Å². The standard InChI is InChI=1S/C15H27N3/c1-4-8-16-10-14-11-17-12-18(14)13-6-5-7-15(2,3)9-13/h11-13,16H,4-10H2,1-3H3. The van der Waals surface area contributed by atoms with Crippen LogP contribution in [0.2, 0.25) is 0 Å². The number of nitrogens with one attached hydrogen (secondary N) is 1.